The Hall–Kier alpha value is -0.200. The summed E-state index contributed by atoms with van der Waals surface area (Å²) in [6, 6.07) is 0. The van der Waals surface area contributed by atoms with Crippen molar-refractivity contribution in [3.05, 3.63) is 0 Å². The van der Waals surface area contributed by atoms with Gasteiger partial charge in [0.2, 0.25) is 0 Å². The summed E-state index contributed by atoms with van der Waals surface area (Å²) < 4.78 is 4.82. The molecular weight excluding hydrogens is 152 g/mol. The molecule has 5 nitrogen and oxygen atoms in total. The van der Waals surface area contributed by atoms with Crippen LogP contribution in [0.5, 0.6) is 0 Å². The fourth-order valence-electron chi connectivity index (χ4n) is 1.48. The molecule has 0 aromatic carbocycles. The van der Waals surface area contributed by atoms with Crippen LogP contribution in [0, 0.1) is 0 Å². The molecule has 0 amide bonds. The molecule has 2 fully saturated rings. The maximum Gasteiger partial charge on any atom is 0.115 e. The minimum atomic E-state index is -1.30. The van der Waals surface area contributed by atoms with Gasteiger partial charge >= 0.3 is 0 Å². The molecule has 0 aromatic heterocycles. The number of hydrogen-bond donors (Lipinski definition) is 4. The zero-order chi connectivity index (χ0) is 8.17. The highest BCUT2D eigenvalue weighted by Gasteiger charge is 2.59. The molecule has 0 unspecified atom stereocenters. The standard InChI is InChI=1S/C6H10O5/c7-1-2(8)4(10)6-5(11-6)3(1)9/h1-10H/t1-,2+,3-,4+,5-,6-/m0/s1. The summed E-state index contributed by atoms with van der Waals surface area (Å²) in [6.07, 6.45) is -5.73. The summed E-state index contributed by atoms with van der Waals surface area (Å²) in [6.45, 7) is 0. The van der Waals surface area contributed by atoms with Gasteiger partial charge in [0.05, 0.1) is 0 Å². The molecule has 1 saturated heterocycles. The highest BCUT2D eigenvalue weighted by Crippen LogP contribution is 2.37. The summed E-state index contributed by atoms with van der Waals surface area (Å²) in [7, 11) is 0. The van der Waals surface area contributed by atoms with Crippen molar-refractivity contribution in [3.63, 3.8) is 0 Å². The summed E-state index contributed by atoms with van der Waals surface area (Å²) in [5.41, 5.74) is 0. The SMILES string of the molecule is O[C@@H]1[C@H](O)[C@H](O)[C@@H]2O[C@H]2[C@@H]1O. The third-order valence-electron chi connectivity index (χ3n) is 2.28. The number of ether oxygens (including phenoxy) is 1. The smallest absolute Gasteiger partial charge is 0.115 e. The molecule has 0 bridgehead atoms. The zero-order valence-corrected chi connectivity index (χ0v) is 5.66. The number of aliphatic hydroxyl groups excluding tert-OH is 4. The molecule has 0 aromatic rings. The fraction of sp³-hybridized carbons (Fsp3) is 1.00. The number of epoxide rings is 1. The summed E-state index contributed by atoms with van der Waals surface area (Å²) in [5, 5.41) is 36.4. The van der Waals surface area contributed by atoms with E-state index in [-0.39, 0.29) is 0 Å². The topological polar surface area (TPSA) is 93.5 Å². The molecule has 6 atom stereocenters. The van der Waals surface area contributed by atoms with Crippen molar-refractivity contribution in [2.75, 3.05) is 0 Å². The van der Waals surface area contributed by atoms with E-state index in [1.54, 1.807) is 0 Å². The maximum absolute atomic E-state index is 9.13. The normalized spacial score (nSPS) is 62.2. The quantitative estimate of drug-likeness (QED) is 0.289. The lowest BCUT2D eigenvalue weighted by atomic mass is 9.90. The van der Waals surface area contributed by atoms with E-state index in [2.05, 4.69) is 0 Å². The van der Waals surface area contributed by atoms with Crippen LogP contribution in [0.4, 0.5) is 0 Å². The molecule has 1 aliphatic heterocycles. The van der Waals surface area contributed by atoms with Crippen LogP contribution in [0.1, 0.15) is 0 Å². The second-order valence-corrected chi connectivity index (χ2v) is 3.03. The first-order chi connectivity index (χ1) is 5.13. The second-order valence-electron chi connectivity index (χ2n) is 3.03. The molecule has 2 aliphatic rings. The average molecular weight is 162 g/mol. The average Bonchev–Trinajstić information content (AvgIpc) is 2.76. The Morgan fingerprint density at radius 3 is 1.36 bits per heavy atom. The zero-order valence-electron chi connectivity index (χ0n) is 5.66. The van der Waals surface area contributed by atoms with Gasteiger partial charge in [-0.05, 0) is 0 Å². The molecule has 2 rings (SSSR count). The Bertz CT molecular complexity index is 154. The van der Waals surface area contributed by atoms with Crippen molar-refractivity contribution in [1.29, 1.82) is 0 Å². The van der Waals surface area contributed by atoms with Crippen molar-refractivity contribution in [2.45, 2.75) is 36.6 Å². The molecule has 5 heteroatoms. The first-order valence-electron chi connectivity index (χ1n) is 3.50. The predicted molar refractivity (Wildman–Crippen MR) is 32.7 cm³/mol. The van der Waals surface area contributed by atoms with Crippen molar-refractivity contribution >= 4 is 0 Å². The largest absolute Gasteiger partial charge is 0.387 e. The van der Waals surface area contributed by atoms with Crippen LogP contribution in [0.25, 0.3) is 0 Å². The molecule has 64 valence electrons. The van der Waals surface area contributed by atoms with Crippen molar-refractivity contribution in [1.82, 2.24) is 0 Å². The highest BCUT2D eigenvalue weighted by atomic mass is 16.6. The van der Waals surface area contributed by atoms with E-state index in [9.17, 15) is 0 Å². The number of rotatable bonds is 0. The molecule has 0 radical (unpaired) electrons. The van der Waals surface area contributed by atoms with E-state index in [0.29, 0.717) is 0 Å². The van der Waals surface area contributed by atoms with E-state index < -0.39 is 36.6 Å². The molecule has 1 heterocycles. The van der Waals surface area contributed by atoms with Crippen LogP contribution in [0.15, 0.2) is 0 Å². The van der Waals surface area contributed by atoms with Gasteiger partial charge < -0.3 is 25.2 Å². The molecular formula is C6H10O5. The third-order valence-corrected chi connectivity index (χ3v) is 2.28. The maximum atomic E-state index is 9.13. The van der Waals surface area contributed by atoms with E-state index >= 15 is 0 Å². The van der Waals surface area contributed by atoms with Gasteiger partial charge in [-0.25, -0.2) is 0 Å². The fourth-order valence-corrected chi connectivity index (χ4v) is 1.48. The van der Waals surface area contributed by atoms with Gasteiger partial charge in [-0.3, -0.25) is 0 Å². The van der Waals surface area contributed by atoms with E-state index in [4.69, 9.17) is 25.2 Å². The molecule has 0 spiro atoms. The van der Waals surface area contributed by atoms with E-state index in [1.807, 2.05) is 0 Å². The lowest BCUT2D eigenvalue weighted by molar-refractivity contribution is -0.121. The van der Waals surface area contributed by atoms with Crippen LogP contribution < -0.4 is 0 Å². The second kappa shape index (κ2) is 2.15. The monoisotopic (exact) mass is 162 g/mol. The van der Waals surface area contributed by atoms with Gasteiger partial charge in [0.15, 0.2) is 0 Å². The highest BCUT2D eigenvalue weighted by molar-refractivity contribution is 5.07. The lowest BCUT2D eigenvalue weighted by Gasteiger charge is -2.28. The first kappa shape index (κ1) is 7.45. The van der Waals surface area contributed by atoms with E-state index in [0.717, 1.165) is 0 Å². The minimum absolute atomic E-state index is 0.497. The summed E-state index contributed by atoms with van der Waals surface area (Å²) in [4.78, 5) is 0. The molecule has 1 aliphatic carbocycles. The van der Waals surface area contributed by atoms with Gasteiger partial charge in [0, 0.05) is 0 Å². The van der Waals surface area contributed by atoms with Gasteiger partial charge in [0.25, 0.3) is 0 Å². The minimum Gasteiger partial charge on any atom is -0.387 e. The summed E-state index contributed by atoms with van der Waals surface area (Å²) in [5.74, 6) is 0. The van der Waals surface area contributed by atoms with Gasteiger partial charge in [0.1, 0.15) is 36.6 Å². The van der Waals surface area contributed by atoms with E-state index in [1.165, 1.54) is 0 Å². The lowest BCUT2D eigenvalue weighted by Crippen LogP contribution is -2.53. The van der Waals surface area contributed by atoms with Crippen molar-refractivity contribution in [2.24, 2.45) is 0 Å². The summed E-state index contributed by atoms with van der Waals surface area (Å²) >= 11 is 0. The Balaban J connectivity index is 2.13. The van der Waals surface area contributed by atoms with Crippen LogP contribution in [0.3, 0.4) is 0 Å². The third kappa shape index (κ3) is 0.896. The van der Waals surface area contributed by atoms with Gasteiger partial charge in [-0.15, -0.1) is 0 Å². The predicted octanol–water partition coefficient (Wildman–Crippen LogP) is -2.79. The Kier molecular flexibility index (Phi) is 1.45. The van der Waals surface area contributed by atoms with Crippen molar-refractivity contribution < 1.29 is 25.2 Å². The number of fused-ring (bicyclic) bond motifs is 1. The number of aliphatic hydroxyl groups is 4. The van der Waals surface area contributed by atoms with Gasteiger partial charge in [-0.2, -0.15) is 0 Å². The van der Waals surface area contributed by atoms with Crippen LogP contribution in [-0.4, -0.2) is 57.0 Å². The molecule has 4 N–H and O–H groups in total. The van der Waals surface area contributed by atoms with Crippen molar-refractivity contribution in [3.8, 4) is 0 Å². The molecule has 11 heavy (non-hydrogen) atoms. The van der Waals surface area contributed by atoms with Crippen LogP contribution in [0.2, 0.25) is 0 Å². The van der Waals surface area contributed by atoms with Crippen LogP contribution >= 0.6 is 0 Å². The Morgan fingerprint density at radius 2 is 1.00 bits per heavy atom. The Labute approximate surface area is 62.8 Å². The van der Waals surface area contributed by atoms with Crippen LogP contribution in [-0.2, 0) is 4.74 Å². The number of hydrogen-bond acceptors (Lipinski definition) is 5. The first-order valence-corrected chi connectivity index (χ1v) is 3.50. The molecule has 1 saturated carbocycles. The van der Waals surface area contributed by atoms with Gasteiger partial charge in [-0.1, -0.05) is 0 Å². The Morgan fingerprint density at radius 1 is 0.636 bits per heavy atom.